The lowest BCUT2D eigenvalue weighted by Crippen LogP contribution is -2.28. The molecule has 2 amide bonds. The summed E-state index contributed by atoms with van der Waals surface area (Å²) in [5.41, 5.74) is 2.72. The van der Waals surface area contributed by atoms with Gasteiger partial charge in [0.15, 0.2) is 5.78 Å². The Kier molecular flexibility index (Phi) is 5.84. The van der Waals surface area contributed by atoms with Gasteiger partial charge in [-0.2, -0.15) is 0 Å². The molecular weight excluding hydrogens is 304 g/mol. The molecule has 0 aromatic heterocycles. The number of rotatable bonds is 6. The zero-order valence-electron chi connectivity index (χ0n) is 13.8. The highest BCUT2D eigenvalue weighted by molar-refractivity contribution is 5.97. The quantitative estimate of drug-likeness (QED) is 0.802. The number of amides is 2. The predicted molar refractivity (Wildman–Crippen MR) is 93.2 cm³/mol. The largest absolute Gasteiger partial charge is 0.352 e. The molecule has 2 N–H and O–H groups in total. The van der Waals surface area contributed by atoms with Gasteiger partial charge in [0.1, 0.15) is 0 Å². The molecule has 0 aliphatic heterocycles. The summed E-state index contributed by atoms with van der Waals surface area (Å²) in [6.45, 7) is 3.61. The Morgan fingerprint density at radius 1 is 0.958 bits per heavy atom. The van der Waals surface area contributed by atoms with Gasteiger partial charge in [-0.05, 0) is 49.7 Å². The van der Waals surface area contributed by atoms with Crippen molar-refractivity contribution in [2.24, 2.45) is 0 Å². The number of anilines is 1. The average Bonchev–Trinajstić information content (AvgIpc) is 2.55. The van der Waals surface area contributed by atoms with Gasteiger partial charge >= 0.3 is 0 Å². The summed E-state index contributed by atoms with van der Waals surface area (Å²) in [6.07, 6.45) is 0.173. The van der Waals surface area contributed by atoms with Crippen LogP contribution < -0.4 is 10.6 Å². The van der Waals surface area contributed by atoms with Crippen LogP contribution >= 0.6 is 0 Å². The van der Waals surface area contributed by atoms with Crippen LogP contribution in [0.15, 0.2) is 48.5 Å². The van der Waals surface area contributed by atoms with Gasteiger partial charge in [0.25, 0.3) is 5.91 Å². The van der Waals surface area contributed by atoms with E-state index in [0.29, 0.717) is 16.8 Å². The fourth-order valence-electron chi connectivity index (χ4n) is 2.22. The lowest BCUT2D eigenvalue weighted by atomic mass is 10.1. The molecule has 0 bridgehead atoms. The van der Waals surface area contributed by atoms with Crippen LogP contribution in [-0.4, -0.2) is 24.1 Å². The van der Waals surface area contributed by atoms with E-state index < -0.39 is 0 Å². The topological polar surface area (TPSA) is 75.3 Å². The molecule has 0 saturated carbocycles. The first kappa shape index (κ1) is 17.4. The molecule has 0 spiro atoms. The standard InChI is InChI=1S/C19H20N2O3/c1-13-5-3-4-6-17(13)19(24)20-12-11-18(23)21-16-9-7-15(8-10-16)14(2)22/h3-10H,11-12H2,1-2H3,(H,20,24)(H,21,23). The number of aryl methyl sites for hydroxylation is 1. The van der Waals surface area contributed by atoms with Crippen molar-refractivity contribution in [3.05, 3.63) is 65.2 Å². The Balaban J connectivity index is 1.80. The Morgan fingerprint density at radius 2 is 1.62 bits per heavy atom. The molecule has 0 atom stereocenters. The molecular formula is C19H20N2O3. The van der Waals surface area contributed by atoms with Gasteiger partial charge in [-0.25, -0.2) is 0 Å². The third kappa shape index (κ3) is 4.78. The molecule has 124 valence electrons. The van der Waals surface area contributed by atoms with Crippen LogP contribution in [0.3, 0.4) is 0 Å². The summed E-state index contributed by atoms with van der Waals surface area (Å²) in [5.74, 6) is -0.408. The second-order valence-electron chi connectivity index (χ2n) is 5.50. The first-order valence-electron chi connectivity index (χ1n) is 7.72. The van der Waals surface area contributed by atoms with Crippen molar-refractivity contribution in [2.75, 3.05) is 11.9 Å². The number of nitrogens with one attached hydrogen (secondary N) is 2. The van der Waals surface area contributed by atoms with Crippen LogP contribution in [0.4, 0.5) is 5.69 Å². The molecule has 0 aliphatic rings. The lowest BCUT2D eigenvalue weighted by molar-refractivity contribution is -0.116. The van der Waals surface area contributed by atoms with Crippen molar-refractivity contribution in [1.82, 2.24) is 5.32 Å². The van der Waals surface area contributed by atoms with Crippen molar-refractivity contribution in [3.8, 4) is 0 Å². The molecule has 0 unspecified atom stereocenters. The van der Waals surface area contributed by atoms with Gasteiger partial charge in [0, 0.05) is 29.8 Å². The zero-order chi connectivity index (χ0) is 17.5. The number of carbonyl (C=O) groups excluding carboxylic acids is 3. The van der Waals surface area contributed by atoms with E-state index in [1.807, 2.05) is 19.1 Å². The minimum Gasteiger partial charge on any atom is -0.352 e. The second-order valence-corrected chi connectivity index (χ2v) is 5.50. The zero-order valence-corrected chi connectivity index (χ0v) is 13.8. The Bertz CT molecular complexity index is 751. The van der Waals surface area contributed by atoms with E-state index in [-0.39, 0.29) is 30.6 Å². The number of hydrogen-bond acceptors (Lipinski definition) is 3. The lowest BCUT2D eigenvalue weighted by Gasteiger charge is -2.08. The first-order chi connectivity index (χ1) is 11.5. The summed E-state index contributed by atoms with van der Waals surface area (Å²) >= 11 is 0. The van der Waals surface area contributed by atoms with Crippen molar-refractivity contribution in [1.29, 1.82) is 0 Å². The minimum absolute atomic E-state index is 0.0215. The van der Waals surface area contributed by atoms with E-state index >= 15 is 0 Å². The third-order valence-corrected chi connectivity index (χ3v) is 3.60. The third-order valence-electron chi connectivity index (χ3n) is 3.60. The number of benzene rings is 2. The van der Waals surface area contributed by atoms with Gasteiger partial charge < -0.3 is 10.6 Å². The highest BCUT2D eigenvalue weighted by Gasteiger charge is 2.09. The average molecular weight is 324 g/mol. The molecule has 2 aromatic carbocycles. The maximum absolute atomic E-state index is 12.0. The normalized spacial score (nSPS) is 10.1. The maximum atomic E-state index is 12.0. The molecule has 0 heterocycles. The van der Waals surface area contributed by atoms with E-state index in [0.717, 1.165) is 5.56 Å². The Labute approximate surface area is 141 Å². The van der Waals surface area contributed by atoms with E-state index in [1.165, 1.54) is 6.92 Å². The van der Waals surface area contributed by atoms with E-state index in [2.05, 4.69) is 10.6 Å². The first-order valence-corrected chi connectivity index (χ1v) is 7.72. The molecule has 2 rings (SSSR count). The van der Waals surface area contributed by atoms with Crippen LogP contribution in [0.2, 0.25) is 0 Å². The molecule has 24 heavy (non-hydrogen) atoms. The highest BCUT2D eigenvalue weighted by Crippen LogP contribution is 2.10. The Hall–Kier alpha value is -2.95. The molecule has 2 aromatic rings. The fourth-order valence-corrected chi connectivity index (χ4v) is 2.22. The van der Waals surface area contributed by atoms with Crippen LogP contribution in [0.25, 0.3) is 0 Å². The smallest absolute Gasteiger partial charge is 0.251 e. The van der Waals surface area contributed by atoms with Crippen molar-refractivity contribution in [3.63, 3.8) is 0 Å². The van der Waals surface area contributed by atoms with Crippen molar-refractivity contribution >= 4 is 23.3 Å². The summed E-state index contributed by atoms with van der Waals surface area (Å²) < 4.78 is 0. The molecule has 0 aliphatic carbocycles. The SMILES string of the molecule is CC(=O)c1ccc(NC(=O)CCNC(=O)c2ccccc2C)cc1. The van der Waals surface area contributed by atoms with Crippen LogP contribution in [0.5, 0.6) is 0 Å². The monoisotopic (exact) mass is 324 g/mol. The van der Waals surface area contributed by atoms with Crippen LogP contribution in [0.1, 0.15) is 39.6 Å². The van der Waals surface area contributed by atoms with Gasteiger partial charge in [-0.1, -0.05) is 18.2 Å². The van der Waals surface area contributed by atoms with E-state index in [1.54, 1.807) is 36.4 Å². The second kappa shape index (κ2) is 8.06. The van der Waals surface area contributed by atoms with Crippen LogP contribution in [0, 0.1) is 6.92 Å². The summed E-state index contributed by atoms with van der Waals surface area (Å²) in [6, 6.07) is 14.0. The minimum atomic E-state index is -0.198. The van der Waals surface area contributed by atoms with Crippen LogP contribution in [-0.2, 0) is 4.79 Å². The molecule has 5 nitrogen and oxygen atoms in total. The van der Waals surface area contributed by atoms with Crippen molar-refractivity contribution in [2.45, 2.75) is 20.3 Å². The molecule has 5 heteroatoms. The van der Waals surface area contributed by atoms with Gasteiger partial charge in [-0.15, -0.1) is 0 Å². The van der Waals surface area contributed by atoms with Crippen molar-refractivity contribution < 1.29 is 14.4 Å². The summed E-state index contributed by atoms with van der Waals surface area (Å²) in [7, 11) is 0. The van der Waals surface area contributed by atoms with Gasteiger partial charge in [-0.3, -0.25) is 14.4 Å². The van der Waals surface area contributed by atoms with Gasteiger partial charge in [0.05, 0.1) is 0 Å². The predicted octanol–water partition coefficient (Wildman–Crippen LogP) is 2.96. The van der Waals surface area contributed by atoms with E-state index in [9.17, 15) is 14.4 Å². The summed E-state index contributed by atoms with van der Waals surface area (Å²) in [5, 5.41) is 5.47. The number of hydrogen-bond donors (Lipinski definition) is 2. The number of Topliss-reactive ketones (excluding diaryl/α,β-unsaturated/α-hetero) is 1. The highest BCUT2D eigenvalue weighted by atomic mass is 16.2. The summed E-state index contributed by atoms with van der Waals surface area (Å²) in [4.78, 5) is 35.1. The number of ketones is 1. The molecule has 0 saturated heterocycles. The number of carbonyl (C=O) groups is 3. The Morgan fingerprint density at radius 3 is 2.25 bits per heavy atom. The molecule has 0 fully saturated rings. The fraction of sp³-hybridized carbons (Fsp3) is 0.211. The maximum Gasteiger partial charge on any atom is 0.251 e. The van der Waals surface area contributed by atoms with Gasteiger partial charge in [0.2, 0.25) is 5.91 Å². The molecule has 0 radical (unpaired) electrons. The van der Waals surface area contributed by atoms with E-state index in [4.69, 9.17) is 0 Å².